The molecule has 2 aromatic rings. The molecule has 0 spiro atoms. The van der Waals surface area contributed by atoms with E-state index in [0.717, 1.165) is 11.1 Å². The predicted molar refractivity (Wildman–Crippen MR) is 96.0 cm³/mol. The van der Waals surface area contributed by atoms with Crippen LogP contribution in [0.3, 0.4) is 0 Å². The SMILES string of the molecule is O=C(NCCS(=O)Cc1ccccc1)N[C@H](CO)c1ccccc1. The van der Waals surface area contributed by atoms with Crippen molar-refractivity contribution < 1.29 is 14.1 Å². The molecule has 0 aliphatic heterocycles. The normalized spacial score (nSPS) is 13.0. The Labute approximate surface area is 144 Å². The van der Waals surface area contributed by atoms with Gasteiger partial charge in [-0.25, -0.2) is 4.79 Å². The maximum absolute atomic E-state index is 12.0. The van der Waals surface area contributed by atoms with Gasteiger partial charge in [-0.2, -0.15) is 0 Å². The zero-order chi connectivity index (χ0) is 17.2. The molecule has 3 N–H and O–H groups in total. The van der Waals surface area contributed by atoms with Crippen LogP contribution < -0.4 is 10.6 Å². The average Bonchev–Trinajstić information content (AvgIpc) is 2.61. The molecule has 0 aliphatic rings. The van der Waals surface area contributed by atoms with E-state index in [4.69, 9.17) is 0 Å². The van der Waals surface area contributed by atoms with Crippen LogP contribution in [0.5, 0.6) is 0 Å². The highest BCUT2D eigenvalue weighted by Crippen LogP contribution is 2.11. The maximum atomic E-state index is 12.0. The Morgan fingerprint density at radius 2 is 1.67 bits per heavy atom. The molecular weight excluding hydrogens is 324 g/mol. The Morgan fingerprint density at radius 3 is 2.29 bits per heavy atom. The second kappa shape index (κ2) is 9.85. The van der Waals surface area contributed by atoms with Gasteiger partial charge in [0.15, 0.2) is 0 Å². The minimum Gasteiger partial charge on any atom is -0.394 e. The van der Waals surface area contributed by atoms with Gasteiger partial charge < -0.3 is 15.7 Å². The van der Waals surface area contributed by atoms with E-state index in [-0.39, 0.29) is 12.6 Å². The van der Waals surface area contributed by atoms with Crippen molar-refractivity contribution in [1.82, 2.24) is 10.6 Å². The first-order valence-electron chi connectivity index (χ1n) is 7.78. The number of hydrogen-bond donors (Lipinski definition) is 3. The van der Waals surface area contributed by atoms with Crippen LogP contribution in [0.4, 0.5) is 4.79 Å². The molecule has 1 unspecified atom stereocenters. The summed E-state index contributed by atoms with van der Waals surface area (Å²) in [6.07, 6.45) is 0. The van der Waals surface area contributed by atoms with Crippen molar-refractivity contribution in [3.63, 3.8) is 0 Å². The molecule has 0 bridgehead atoms. The van der Waals surface area contributed by atoms with E-state index in [1.807, 2.05) is 60.7 Å². The molecule has 0 aromatic heterocycles. The molecule has 2 atom stereocenters. The molecule has 2 rings (SSSR count). The second-order valence-corrected chi connectivity index (χ2v) is 6.90. The summed E-state index contributed by atoms with van der Waals surface area (Å²) in [7, 11) is -1.03. The highest BCUT2D eigenvalue weighted by Gasteiger charge is 2.13. The van der Waals surface area contributed by atoms with Gasteiger partial charge >= 0.3 is 6.03 Å². The molecule has 2 amide bonds. The Morgan fingerprint density at radius 1 is 1.04 bits per heavy atom. The third kappa shape index (κ3) is 6.14. The molecule has 0 saturated heterocycles. The summed E-state index contributed by atoms with van der Waals surface area (Å²) in [5, 5.41) is 14.8. The summed E-state index contributed by atoms with van der Waals surface area (Å²) in [4.78, 5) is 11.9. The lowest BCUT2D eigenvalue weighted by Crippen LogP contribution is -2.40. The molecule has 24 heavy (non-hydrogen) atoms. The van der Waals surface area contributed by atoms with Crippen LogP contribution in [0.25, 0.3) is 0 Å². The minimum atomic E-state index is -1.03. The molecule has 0 aliphatic carbocycles. The van der Waals surface area contributed by atoms with Crippen LogP contribution >= 0.6 is 0 Å². The van der Waals surface area contributed by atoms with Crippen LogP contribution in [-0.4, -0.2) is 34.3 Å². The standard InChI is InChI=1S/C18H22N2O3S/c21-13-17(16-9-5-2-6-10-16)20-18(22)19-11-12-24(23)14-15-7-3-1-4-8-15/h1-10,17,21H,11-14H2,(H2,19,20,22)/t17-,24?/m1/s1. The van der Waals surface area contributed by atoms with E-state index in [1.54, 1.807) is 0 Å². The van der Waals surface area contributed by atoms with Crippen molar-refractivity contribution in [1.29, 1.82) is 0 Å². The number of benzene rings is 2. The van der Waals surface area contributed by atoms with E-state index in [0.29, 0.717) is 18.1 Å². The Bertz CT molecular complexity index is 650. The topological polar surface area (TPSA) is 78.4 Å². The maximum Gasteiger partial charge on any atom is 0.315 e. The Kier molecular flexibility index (Phi) is 7.45. The molecule has 2 aromatic carbocycles. The van der Waals surface area contributed by atoms with Gasteiger partial charge in [0, 0.05) is 28.9 Å². The van der Waals surface area contributed by atoms with Crippen molar-refractivity contribution in [2.24, 2.45) is 0 Å². The van der Waals surface area contributed by atoms with Crippen LogP contribution in [0.15, 0.2) is 60.7 Å². The van der Waals surface area contributed by atoms with E-state index < -0.39 is 16.8 Å². The van der Waals surface area contributed by atoms with Crippen molar-refractivity contribution >= 4 is 16.8 Å². The Balaban J connectivity index is 1.72. The molecule has 128 valence electrons. The molecule has 0 fully saturated rings. The monoisotopic (exact) mass is 346 g/mol. The lowest BCUT2D eigenvalue weighted by molar-refractivity contribution is 0.217. The number of aliphatic hydroxyl groups excluding tert-OH is 1. The van der Waals surface area contributed by atoms with E-state index in [9.17, 15) is 14.1 Å². The fourth-order valence-corrected chi connectivity index (χ4v) is 3.28. The third-order valence-electron chi connectivity index (χ3n) is 3.48. The average molecular weight is 346 g/mol. The summed E-state index contributed by atoms with van der Waals surface area (Å²) in [5.41, 5.74) is 1.85. The number of nitrogens with one attached hydrogen (secondary N) is 2. The zero-order valence-corrected chi connectivity index (χ0v) is 14.2. The molecule has 0 saturated carbocycles. The van der Waals surface area contributed by atoms with Crippen LogP contribution in [0, 0.1) is 0 Å². The minimum absolute atomic E-state index is 0.183. The van der Waals surface area contributed by atoms with Crippen molar-refractivity contribution in [3.05, 3.63) is 71.8 Å². The van der Waals surface area contributed by atoms with Gasteiger partial charge in [-0.3, -0.25) is 4.21 Å². The molecule has 0 heterocycles. The highest BCUT2D eigenvalue weighted by atomic mass is 32.2. The fourth-order valence-electron chi connectivity index (χ4n) is 2.24. The van der Waals surface area contributed by atoms with Gasteiger partial charge in [0.1, 0.15) is 0 Å². The number of hydrogen-bond acceptors (Lipinski definition) is 3. The number of aliphatic hydroxyl groups is 1. The molecule has 5 nitrogen and oxygen atoms in total. The van der Waals surface area contributed by atoms with Crippen molar-refractivity contribution in [2.45, 2.75) is 11.8 Å². The largest absolute Gasteiger partial charge is 0.394 e. The number of carbonyl (C=O) groups excluding carboxylic acids is 1. The van der Waals surface area contributed by atoms with Crippen molar-refractivity contribution in [3.8, 4) is 0 Å². The first-order valence-corrected chi connectivity index (χ1v) is 9.27. The van der Waals surface area contributed by atoms with Gasteiger partial charge in [-0.05, 0) is 11.1 Å². The number of carbonyl (C=O) groups is 1. The third-order valence-corrected chi connectivity index (χ3v) is 4.79. The highest BCUT2D eigenvalue weighted by molar-refractivity contribution is 7.84. The van der Waals surface area contributed by atoms with E-state index >= 15 is 0 Å². The molecule has 0 radical (unpaired) electrons. The smallest absolute Gasteiger partial charge is 0.315 e. The van der Waals surface area contributed by atoms with Crippen LogP contribution in [0.1, 0.15) is 17.2 Å². The Hall–Kier alpha value is -2.18. The van der Waals surface area contributed by atoms with Crippen LogP contribution in [-0.2, 0) is 16.6 Å². The predicted octanol–water partition coefficient (Wildman–Crippen LogP) is 1.97. The lowest BCUT2D eigenvalue weighted by atomic mass is 10.1. The van der Waals surface area contributed by atoms with Crippen LogP contribution in [0.2, 0.25) is 0 Å². The summed E-state index contributed by atoms with van der Waals surface area (Å²) in [6.45, 7) is 0.135. The number of urea groups is 1. The van der Waals surface area contributed by atoms with Gasteiger partial charge in [0.2, 0.25) is 0 Å². The molecule has 6 heteroatoms. The van der Waals surface area contributed by atoms with Gasteiger partial charge in [0.05, 0.1) is 12.6 Å². The lowest BCUT2D eigenvalue weighted by Gasteiger charge is -2.17. The number of rotatable bonds is 8. The van der Waals surface area contributed by atoms with E-state index in [2.05, 4.69) is 10.6 Å². The van der Waals surface area contributed by atoms with Gasteiger partial charge in [0.25, 0.3) is 0 Å². The van der Waals surface area contributed by atoms with Crippen molar-refractivity contribution in [2.75, 3.05) is 18.9 Å². The fraction of sp³-hybridized carbons (Fsp3) is 0.278. The van der Waals surface area contributed by atoms with E-state index in [1.165, 1.54) is 0 Å². The first-order chi connectivity index (χ1) is 11.7. The summed E-state index contributed by atoms with van der Waals surface area (Å²) in [5.74, 6) is 0.866. The van der Waals surface area contributed by atoms with Gasteiger partial charge in [-0.1, -0.05) is 60.7 Å². The quantitative estimate of drug-likeness (QED) is 0.684. The zero-order valence-electron chi connectivity index (χ0n) is 13.4. The summed E-state index contributed by atoms with van der Waals surface area (Å²) >= 11 is 0. The molecular formula is C18H22N2O3S. The van der Waals surface area contributed by atoms with Gasteiger partial charge in [-0.15, -0.1) is 0 Å². The summed E-state index contributed by atoms with van der Waals surface area (Å²) < 4.78 is 12.0. The first kappa shape index (κ1) is 18.2. The summed E-state index contributed by atoms with van der Waals surface area (Å²) in [6, 6.07) is 18.0. The second-order valence-electron chi connectivity index (χ2n) is 5.32. The number of amides is 2.